The summed E-state index contributed by atoms with van der Waals surface area (Å²) >= 11 is 0. The first-order valence-electron chi connectivity index (χ1n) is 9.00. The Morgan fingerprint density at radius 2 is 1.48 bits per heavy atom. The molecule has 2 unspecified atom stereocenters. The maximum atomic E-state index is 6.25. The fraction of sp³-hybridized carbons (Fsp3) is 0.429. The lowest BCUT2D eigenvalue weighted by molar-refractivity contribution is 0.258. The van der Waals surface area contributed by atoms with Crippen LogP contribution in [0.4, 0.5) is 0 Å². The van der Waals surface area contributed by atoms with Crippen molar-refractivity contribution in [3.05, 3.63) is 47.0 Å². The van der Waals surface area contributed by atoms with Crippen molar-refractivity contribution in [3.63, 3.8) is 0 Å². The molecule has 0 aromatic heterocycles. The van der Waals surface area contributed by atoms with Crippen LogP contribution < -0.4 is 9.47 Å². The van der Waals surface area contributed by atoms with Crippen LogP contribution in [0.5, 0.6) is 11.5 Å². The maximum absolute atomic E-state index is 6.25. The van der Waals surface area contributed by atoms with Gasteiger partial charge in [-0.25, -0.2) is 0 Å². The van der Waals surface area contributed by atoms with Crippen molar-refractivity contribution in [2.45, 2.75) is 32.0 Å². The summed E-state index contributed by atoms with van der Waals surface area (Å²) in [6.45, 7) is 5.04. The summed E-state index contributed by atoms with van der Waals surface area (Å²) in [4.78, 5) is 0. The van der Waals surface area contributed by atoms with E-state index >= 15 is 0 Å². The molecule has 2 aromatic rings. The van der Waals surface area contributed by atoms with Gasteiger partial charge in [0.25, 0.3) is 0 Å². The molecule has 0 bridgehead atoms. The van der Waals surface area contributed by atoms with E-state index in [1.54, 1.807) is 0 Å². The van der Waals surface area contributed by atoms with Gasteiger partial charge in [-0.05, 0) is 19.8 Å². The maximum Gasteiger partial charge on any atom is 0.131 e. The van der Waals surface area contributed by atoms with Gasteiger partial charge in [-0.15, -0.1) is 0 Å². The van der Waals surface area contributed by atoms with Gasteiger partial charge in [0.05, 0.1) is 13.2 Å². The summed E-state index contributed by atoms with van der Waals surface area (Å²) in [5.41, 5.74) is 3.91. The Bertz CT molecular complexity index is 847. The van der Waals surface area contributed by atoms with E-state index in [1.165, 1.54) is 16.7 Å². The van der Waals surface area contributed by atoms with Gasteiger partial charge in [-0.1, -0.05) is 35.9 Å². The van der Waals surface area contributed by atoms with E-state index in [2.05, 4.69) is 37.3 Å². The molecule has 0 spiro atoms. The Morgan fingerprint density at radius 3 is 2.04 bits per heavy atom. The number of fused-ring (bicyclic) bond motifs is 2. The Balaban J connectivity index is 1.63. The summed E-state index contributed by atoms with van der Waals surface area (Å²) < 4.78 is 23.1. The van der Waals surface area contributed by atoms with E-state index in [9.17, 15) is 0 Å². The monoisotopic (exact) mass is 338 g/mol. The van der Waals surface area contributed by atoms with Crippen molar-refractivity contribution in [2.75, 3.05) is 26.4 Å². The van der Waals surface area contributed by atoms with Crippen LogP contribution in [0.3, 0.4) is 0 Å². The number of hydrogen-bond donors (Lipinski definition) is 0. The molecule has 2 fully saturated rings. The molecule has 1 aliphatic carbocycles. The highest BCUT2D eigenvalue weighted by Crippen LogP contribution is 2.44. The number of rotatable bonds is 6. The van der Waals surface area contributed by atoms with Gasteiger partial charge in [0.1, 0.15) is 36.9 Å². The molecule has 0 amide bonds. The van der Waals surface area contributed by atoms with Crippen molar-refractivity contribution in [2.24, 2.45) is 0 Å². The van der Waals surface area contributed by atoms with Crippen molar-refractivity contribution in [1.29, 1.82) is 0 Å². The smallest absolute Gasteiger partial charge is 0.131 e. The zero-order valence-corrected chi connectivity index (χ0v) is 14.4. The van der Waals surface area contributed by atoms with Gasteiger partial charge in [0.15, 0.2) is 0 Å². The van der Waals surface area contributed by atoms with Crippen molar-refractivity contribution in [3.8, 4) is 11.5 Å². The third kappa shape index (κ3) is 3.00. The number of benzene rings is 2. The van der Waals surface area contributed by atoms with E-state index in [-0.39, 0.29) is 12.2 Å². The third-order valence-corrected chi connectivity index (χ3v) is 5.07. The van der Waals surface area contributed by atoms with Gasteiger partial charge < -0.3 is 18.9 Å². The SMILES string of the molecule is CC1=CCc2c(c(OCC3CO3)c3ccccc3c2OCC2CO2)C1. The van der Waals surface area contributed by atoms with Crippen LogP contribution >= 0.6 is 0 Å². The van der Waals surface area contributed by atoms with Gasteiger partial charge in [-0.2, -0.15) is 0 Å². The molecule has 130 valence electrons. The van der Waals surface area contributed by atoms with Crippen molar-refractivity contribution < 1.29 is 18.9 Å². The molecule has 4 nitrogen and oxygen atoms in total. The zero-order valence-electron chi connectivity index (χ0n) is 14.4. The fourth-order valence-corrected chi connectivity index (χ4v) is 3.52. The summed E-state index contributed by atoms with van der Waals surface area (Å²) in [5.74, 6) is 2.00. The zero-order chi connectivity index (χ0) is 16.8. The molecule has 2 aromatic carbocycles. The fourth-order valence-electron chi connectivity index (χ4n) is 3.52. The van der Waals surface area contributed by atoms with Crippen LogP contribution in [0.2, 0.25) is 0 Å². The number of ether oxygens (including phenoxy) is 4. The number of epoxide rings is 2. The molecule has 25 heavy (non-hydrogen) atoms. The molecular weight excluding hydrogens is 316 g/mol. The predicted octanol–water partition coefficient (Wildman–Crippen LogP) is 3.44. The average Bonchev–Trinajstić information content (AvgIpc) is 3.53. The number of allylic oxidation sites excluding steroid dienone is 2. The lowest BCUT2D eigenvalue weighted by atomic mass is 9.87. The molecule has 0 saturated carbocycles. The summed E-state index contributed by atoms with van der Waals surface area (Å²) in [6, 6.07) is 8.39. The first-order valence-corrected chi connectivity index (χ1v) is 9.00. The first-order chi connectivity index (χ1) is 12.3. The highest BCUT2D eigenvalue weighted by atomic mass is 16.6. The highest BCUT2D eigenvalue weighted by molar-refractivity contribution is 5.96. The van der Waals surface area contributed by atoms with Crippen LogP contribution in [-0.2, 0) is 22.3 Å². The lowest BCUT2D eigenvalue weighted by Crippen LogP contribution is -2.13. The minimum absolute atomic E-state index is 0.248. The van der Waals surface area contributed by atoms with Gasteiger partial charge in [-0.3, -0.25) is 0 Å². The highest BCUT2D eigenvalue weighted by Gasteiger charge is 2.29. The van der Waals surface area contributed by atoms with Crippen LogP contribution in [-0.4, -0.2) is 38.6 Å². The van der Waals surface area contributed by atoms with Gasteiger partial charge >= 0.3 is 0 Å². The molecule has 4 heteroatoms. The molecule has 2 aliphatic heterocycles. The number of hydrogen-bond acceptors (Lipinski definition) is 4. The molecule has 0 radical (unpaired) electrons. The largest absolute Gasteiger partial charge is 0.490 e. The van der Waals surface area contributed by atoms with E-state index in [0.717, 1.165) is 48.3 Å². The molecular formula is C21H22O4. The van der Waals surface area contributed by atoms with Gasteiger partial charge in [0.2, 0.25) is 0 Å². The standard InChI is InChI=1S/C21H22O4/c1-13-6-7-18-19(8-13)21(25-12-15-10-23-15)17-5-3-2-4-16(17)20(18)24-11-14-9-22-14/h2-6,14-15H,7-12H2,1H3. The summed E-state index contributed by atoms with van der Waals surface area (Å²) in [7, 11) is 0. The average molecular weight is 338 g/mol. The van der Waals surface area contributed by atoms with E-state index in [4.69, 9.17) is 18.9 Å². The Kier molecular flexibility index (Phi) is 3.68. The second-order valence-corrected chi connectivity index (χ2v) is 7.13. The lowest BCUT2D eigenvalue weighted by Gasteiger charge is -2.24. The molecule has 2 saturated heterocycles. The Labute approximate surface area is 147 Å². The quantitative estimate of drug-likeness (QED) is 0.598. The van der Waals surface area contributed by atoms with Crippen LogP contribution in [0.1, 0.15) is 18.1 Å². The third-order valence-electron chi connectivity index (χ3n) is 5.07. The molecule has 5 rings (SSSR count). The second-order valence-electron chi connectivity index (χ2n) is 7.13. The normalized spacial score (nSPS) is 23.8. The van der Waals surface area contributed by atoms with Crippen molar-refractivity contribution >= 4 is 10.8 Å². The van der Waals surface area contributed by atoms with E-state index in [0.29, 0.717) is 13.2 Å². The minimum atomic E-state index is 0.248. The Morgan fingerprint density at radius 1 is 0.920 bits per heavy atom. The van der Waals surface area contributed by atoms with Crippen LogP contribution in [0.15, 0.2) is 35.9 Å². The van der Waals surface area contributed by atoms with Crippen LogP contribution in [0.25, 0.3) is 10.8 Å². The molecule has 3 aliphatic rings. The van der Waals surface area contributed by atoms with Crippen molar-refractivity contribution in [1.82, 2.24) is 0 Å². The van der Waals surface area contributed by atoms with E-state index < -0.39 is 0 Å². The van der Waals surface area contributed by atoms with Crippen LogP contribution in [0, 0.1) is 0 Å². The summed E-state index contributed by atoms with van der Waals surface area (Å²) in [6.07, 6.45) is 4.60. The minimum Gasteiger partial charge on any atom is -0.490 e. The predicted molar refractivity (Wildman–Crippen MR) is 95.6 cm³/mol. The van der Waals surface area contributed by atoms with E-state index in [1.807, 2.05) is 0 Å². The van der Waals surface area contributed by atoms with Gasteiger partial charge in [0, 0.05) is 21.9 Å². The first kappa shape index (κ1) is 15.2. The molecule has 0 N–H and O–H groups in total. The second kappa shape index (κ2) is 6.04. The molecule has 2 atom stereocenters. The topological polar surface area (TPSA) is 43.5 Å². The summed E-state index contributed by atoms with van der Waals surface area (Å²) in [5, 5.41) is 2.25. The Hall–Kier alpha value is -2.04. The molecule has 2 heterocycles.